The van der Waals surface area contributed by atoms with Crippen LogP contribution in [0.1, 0.15) is 17.0 Å². The number of fused-ring (bicyclic) bond motifs is 3. The highest BCUT2D eigenvalue weighted by molar-refractivity contribution is 6.07. The van der Waals surface area contributed by atoms with E-state index in [-0.39, 0.29) is 0 Å². The van der Waals surface area contributed by atoms with Crippen LogP contribution in [-0.4, -0.2) is 4.57 Å². The van der Waals surface area contributed by atoms with E-state index in [0.29, 0.717) is 5.92 Å². The molecule has 0 N–H and O–H groups in total. The van der Waals surface area contributed by atoms with Crippen molar-refractivity contribution in [2.45, 2.75) is 19.4 Å². The molecule has 1 aromatic heterocycles. The largest absolute Gasteiger partial charge is 0.340 e. The van der Waals surface area contributed by atoms with E-state index in [0.717, 1.165) is 6.54 Å². The first kappa shape index (κ1) is 14.8. The summed E-state index contributed by atoms with van der Waals surface area (Å²) in [4.78, 5) is 0. The minimum atomic E-state index is 0.297. The van der Waals surface area contributed by atoms with E-state index in [1.807, 2.05) is 0 Å². The van der Waals surface area contributed by atoms with Crippen LogP contribution in [0.15, 0.2) is 85.5 Å². The fourth-order valence-electron chi connectivity index (χ4n) is 3.70. The molecule has 1 heteroatoms. The zero-order valence-electron chi connectivity index (χ0n) is 13.9. The third kappa shape index (κ3) is 2.33. The van der Waals surface area contributed by atoms with E-state index in [4.69, 9.17) is 0 Å². The highest BCUT2D eigenvalue weighted by atomic mass is 15.0. The molecule has 4 rings (SSSR count). The van der Waals surface area contributed by atoms with E-state index in [9.17, 15) is 0 Å². The highest BCUT2D eigenvalue weighted by Crippen LogP contribution is 2.32. The molecule has 0 amide bonds. The summed E-state index contributed by atoms with van der Waals surface area (Å²) < 4.78 is 2.43. The van der Waals surface area contributed by atoms with Gasteiger partial charge in [0.15, 0.2) is 0 Å². The normalized spacial score (nSPS) is 12.5. The first-order valence-electron chi connectivity index (χ1n) is 8.43. The molecule has 0 spiro atoms. The first-order valence-corrected chi connectivity index (χ1v) is 8.43. The maximum atomic E-state index is 4.11. The molecule has 0 fully saturated rings. The molecule has 4 aromatic rings. The van der Waals surface area contributed by atoms with Crippen LogP contribution in [0.3, 0.4) is 0 Å². The molecular weight excluding hydrogens is 290 g/mol. The molecule has 1 nitrogen and oxygen atoms in total. The molecule has 1 heterocycles. The van der Waals surface area contributed by atoms with Crippen LogP contribution in [0.2, 0.25) is 0 Å². The average Bonchev–Trinajstić information content (AvgIpc) is 2.95. The predicted octanol–water partition coefficient (Wildman–Crippen LogP) is 6.07. The van der Waals surface area contributed by atoms with Gasteiger partial charge in [-0.15, -0.1) is 6.58 Å². The van der Waals surface area contributed by atoms with Crippen molar-refractivity contribution < 1.29 is 0 Å². The van der Waals surface area contributed by atoms with Gasteiger partial charge in [-0.1, -0.05) is 66.7 Å². The summed E-state index contributed by atoms with van der Waals surface area (Å²) in [6, 6.07) is 25.9. The number of allylic oxidation sites excluding steroid dienone is 1. The Balaban J connectivity index is 1.89. The minimum Gasteiger partial charge on any atom is -0.340 e. The van der Waals surface area contributed by atoms with Crippen molar-refractivity contribution in [1.29, 1.82) is 0 Å². The van der Waals surface area contributed by atoms with Gasteiger partial charge < -0.3 is 4.57 Å². The fourth-order valence-corrected chi connectivity index (χ4v) is 3.70. The fraction of sp³-hybridized carbons (Fsp3) is 0.130. The second-order valence-corrected chi connectivity index (χ2v) is 6.34. The van der Waals surface area contributed by atoms with Crippen LogP contribution in [0, 0.1) is 6.92 Å². The maximum absolute atomic E-state index is 4.11. The Labute approximate surface area is 142 Å². The van der Waals surface area contributed by atoms with Crippen LogP contribution in [0.5, 0.6) is 0 Å². The summed E-state index contributed by atoms with van der Waals surface area (Å²) >= 11 is 0. The average molecular weight is 311 g/mol. The summed E-state index contributed by atoms with van der Waals surface area (Å²) in [5.74, 6) is 0.297. The van der Waals surface area contributed by atoms with Gasteiger partial charge in [0.2, 0.25) is 0 Å². The smallest absolute Gasteiger partial charge is 0.0491 e. The molecule has 0 radical (unpaired) electrons. The third-order valence-corrected chi connectivity index (χ3v) is 4.93. The zero-order valence-corrected chi connectivity index (χ0v) is 13.9. The van der Waals surface area contributed by atoms with Crippen LogP contribution >= 0.6 is 0 Å². The van der Waals surface area contributed by atoms with Crippen molar-refractivity contribution in [3.05, 3.63) is 96.6 Å². The van der Waals surface area contributed by atoms with Crippen molar-refractivity contribution in [2.75, 3.05) is 0 Å². The second kappa shape index (κ2) is 6.01. The Morgan fingerprint density at radius 1 is 0.833 bits per heavy atom. The van der Waals surface area contributed by atoms with Gasteiger partial charge in [0.25, 0.3) is 0 Å². The van der Waals surface area contributed by atoms with Crippen LogP contribution in [0.25, 0.3) is 21.8 Å². The highest BCUT2D eigenvalue weighted by Gasteiger charge is 2.15. The minimum absolute atomic E-state index is 0.297. The molecule has 0 saturated heterocycles. The Bertz CT molecular complexity index is 969. The van der Waals surface area contributed by atoms with Gasteiger partial charge in [-0.2, -0.15) is 0 Å². The lowest BCUT2D eigenvalue weighted by Crippen LogP contribution is -2.08. The zero-order chi connectivity index (χ0) is 16.5. The number of aromatic nitrogens is 1. The molecule has 0 aliphatic rings. The van der Waals surface area contributed by atoms with Gasteiger partial charge in [-0.3, -0.25) is 0 Å². The first-order chi connectivity index (χ1) is 11.8. The van der Waals surface area contributed by atoms with Crippen LogP contribution in [0.4, 0.5) is 0 Å². The topological polar surface area (TPSA) is 4.93 Å². The summed E-state index contributed by atoms with van der Waals surface area (Å²) in [5.41, 5.74) is 5.26. The SMILES string of the molecule is C=C[C@H](Cn1c2ccccc2c2ccccc21)c1ccccc1C. The van der Waals surface area contributed by atoms with Gasteiger partial charge in [-0.05, 0) is 30.2 Å². The summed E-state index contributed by atoms with van der Waals surface area (Å²) in [6.45, 7) is 7.19. The Hall–Kier alpha value is -2.80. The number of rotatable bonds is 4. The molecule has 0 aliphatic heterocycles. The van der Waals surface area contributed by atoms with Gasteiger partial charge >= 0.3 is 0 Å². The summed E-state index contributed by atoms with van der Waals surface area (Å²) in [6.07, 6.45) is 2.08. The second-order valence-electron chi connectivity index (χ2n) is 6.34. The number of para-hydroxylation sites is 2. The van der Waals surface area contributed by atoms with Crippen molar-refractivity contribution in [3.8, 4) is 0 Å². The number of hydrogen-bond donors (Lipinski definition) is 0. The summed E-state index contributed by atoms with van der Waals surface area (Å²) in [5, 5.41) is 2.64. The Morgan fingerprint density at radius 2 is 1.38 bits per heavy atom. The van der Waals surface area contributed by atoms with Crippen molar-refractivity contribution in [1.82, 2.24) is 4.57 Å². The van der Waals surface area contributed by atoms with E-state index in [1.54, 1.807) is 0 Å². The lowest BCUT2D eigenvalue weighted by Gasteiger charge is -2.18. The van der Waals surface area contributed by atoms with Gasteiger partial charge in [-0.25, -0.2) is 0 Å². The maximum Gasteiger partial charge on any atom is 0.0491 e. The van der Waals surface area contributed by atoms with E-state index < -0.39 is 0 Å². The molecule has 24 heavy (non-hydrogen) atoms. The lowest BCUT2D eigenvalue weighted by molar-refractivity contribution is 0.673. The number of benzene rings is 3. The van der Waals surface area contributed by atoms with Gasteiger partial charge in [0.05, 0.1) is 0 Å². The van der Waals surface area contributed by atoms with E-state index in [1.165, 1.54) is 32.9 Å². The Morgan fingerprint density at radius 3 is 1.96 bits per heavy atom. The monoisotopic (exact) mass is 311 g/mol. The van der Waals surface area contributed by atoms with Gasteiger partial charge in [0, 0.05) is 34.3 Å². The molecule has 3 aromatic carbocycles. The number of aryl methyl sites for hydroxylation is 1. The number of hydrogen-bond acceptors (Lipinski definition) is 0. The van der Waals surface area contributed by atoms with Crippen molar-refractivity contribution in [2.24, 2.45) is 0 Å². The van der Waals surface area contributed by atoms with E-state index in [2.05, 4.69) is 96.9 Å². The molecular formula is C23H21N. The third-order valence-electron chi connectivity index (χ3n) is 4.93. The van der Waals surface area contributed by atoms with E-state index >= 15 is 0 Å². The Kier molecular flexibility index (Phi) is 3.70. The van der Waals surface area contributed by atoms with Gasteiger partial charge in [0.1, 0.15) is 0 Å². The van der Waals surface area contributed by atoms with Crippen LogP contribution in [-0.2, 0) is 6.54 Å². The van der Waals surface area contributed by atoms with Crippen LogP contribution < -0.4 is 0 Å². The molecule has 0 saturated carbocycles. The molecule has 118 valence electrons. The molecule has 0 aliphatic carbocycles. The van der Waals surface area contributed by atoms with Crippen molar-refractivity contribution in [3.63, 3.8) is 0 Å². The molecule has 1 atom stereocenters. The predicted molar refractivity (Wildman–Crippen MR) is 104 cm³/mol. The molecule has 0 unspecified atom stereocenters. The summed E-state index contributed by atoms with van der Waals surface area (Å²) in [7, 11) is 0. The standard InChI is InChI=1S/C23H21N/c1-3-18(19-11-5-4-10-17(19)2)16-24-22-14-8-6-12-20(22)21-13-7-9-15-23(21)24/h3-15,18H,1,16H2,2H3/t18-/m1/s1. The quantitative estimate of drug-likeness (QED) is 0.403. The van der Waals surface area contributed by atoms with Crippen molar-refractivity contribution >= 4 is 21.8 Å². The number of nitrogens with zero attached hydrogens (tertiary/aromatic N) is 1. The molecule has 0 bridgehead atoms. The lowest BCUT2D eigenvalue weighted by atomic mass is 9.94.